The van der Waals surface area contributed by atoms with Gasteiger partial charge in [-0.2, -0.15) is 0 Å². The molecule has 2 atom stereocenters. The number of nitrogens with one attached hydrogen (secondary N) is 1. The highest BCUT2D eigenvalue weighted by Gasteiger charge is 2.20. The van der Waals surface area contributed by atoms with E-state index >= 15 is 0 Å². The molecule has 2 aromatic carbocycles. The summed E-state index contributed by atoms with van der Waals surface area (Å²) in [6, 6.07) is 19.5. The molecule has 130 valence electrons. The van der Waals surface area contributed by atoms with E-state index in [1.54, 1.807) is 14.2 Å². The van der Waals surface area contributed by atoms with Gasteiger partial charge in [0.2, 0.25) is 0 Å². The minimum absolute atomic E-state index is 0.237. The van der Waals surface area contributed by atoms with Gasteiger partial charge in [-0.05, 0) is 35.6 Å². The highest BCUT2D eigenvalue weighted by Crippen LogP contribution is 2.23. The van der Waals surface area contributed by atoms with Crippen LogP contribution in [-0.2, 0) is 11.2 Å². The standard InChI is InChI=1S/C21H29NO2/c1-16(2)21(15-23-3)22-20(14-17-8-6-5-7-9-17)18-10-12-19(24-4)13-11-18/h5-13,16,20-22H,14-15H2,1-4H3/t20-,21+/m0/s1. The van der Waals surface area contributed by atoms with E-state index in [1.807, 2.05) is 12.1 Å². The smallest absolute Gasteiger partial charge is 0.118 e. The molecule has 0 spiro atoms. The molecule has 0 aromatic heterocycles. The zero-order chi connectivity index (χ0) is 17.4. The average Bonchev–Trinajstić information content (AvgIpc) is 2.61. The molecule has 0 aliphatic rings. The van der Waals surface area contributed by atoms with Gasteiger partial charge in [-0.3, -0.25) is 0 Å². The van der Waals surface area contributed by atoms with Crippen LogP contribution in [0, 0.1) is 5.92 Å². The van der Waals surface area contributed by atoms with E-state index in [1.165, 1.54) is 11.1 Å². The summed E-state index contributed by atoms with van der Waals surface area (Å²) in [5.74, 6) is 1.39. The monoisotopic (exact) mass is 327 g/mol. The highest BCUT2D eigenvalue weighted by atomic mass is 16.5. The molecular formula is C21H29NO2. The molecule has 0 bridgehead atoms. The van der Waals surface area contributed by atoms with Gasteiger partial charge in [-0.15, -0.1) is 0 Å². The van der Waals surface area contributed by atoms with Crippen molar-refractivity contribution in [3.05, 3.63) is 65.7 Å². The van der Waals surface area contributed by atoms with E-state index < -0.39 is 0 Å². The topological polar surface area (TPSA) is 30.5 Å². The van der Waals surface area contributed by atoms with Gasteiger partial charge in [-0.25, -0.2) is 0 Å². The third kappa shape index (κ3) is 5.36. The van der Waals surface area contributed by atoms with E-state index in [0.717, 1.165) is 12.2 Å². The van der Waals surface area contributed by atoms with Crippen LogP contribution in [0.25, 0.3) is 0 Å². The summed E-state index contributed by atoms with van der Waals surface area (Å²) in [7, 11) is 3.46. The van der Waals surface area contributed by atoms with E-state index in [0.29, 0.717) is 18.6 Å². The van der Waals surface area contributed by atoms with E-state index in [2.05, 4.69) is 61.6 Å². The van der Waals surface area contributed by atoms with Gasteiger partial charge in [0.05, 0.1) is 13.7 Å². The van der Waals surface area contributed by atoms with Crippen LogP contribution in [0.15, 0.2) is 54.6 Å². The molecule has 3 heteroatoms. The molecule has 0 saturated heterocycles. The Balaban J connectivity index is 2.22. The largest absolute Gasteiger partial charge is 0.497 e. The highest BCUT2D eigenvalue weighted by molar-refractivity contribution is 5.30. The Morgan fingerprint density at radius 2 is 1.58 bits per heavy atom. The van der Waals surface area contributed by atoms with Gasteiger partial charge in [0.15, 0.2) is 0 Å². The Bertz CT molecular complexity index is 581. The van der Waals surface area contributed by atoms with E-state index in [4.69, 9.17) is 9.47 Å². The second kappa shape index (κ2) is 9.45. The molecule has 1 N–H and O–H groups in total. The first kappa shape index (κ1) is 18.5. The molecule has 0 heterocycles. The minimum Gasteiger partial charge on any atom is -0.497 e. The second-order valence-corrected chi connectivity index (χ2v) is 6.49. The van der Waals surface area contributed by atoms with Crippen LogP contribution in [0.4, 0.5) is 0 Å². The van der Waals surface area contributed by atoms with Gasteiger partial charge in [0, 0.05) is 19.2 Å². The Morgan fingerprint density at radius 3 is 2.12 bits per heavy atom. The normalized spacial score (nSPS) is 13.7. The van der Waals surface area contributed by atoms with Crippen molar-refractivity contribution in [2.45, 2.75) is 32.4 Å². The molecule has 0 saturated carbocycles. The van der Waals surface area contributed by atoms with Crippen molar-refractivity contribution in [2.75, 3.05) is 20.8 Å². The summed E-state index contributed by atoms with van der Waals surface area (Å²) in [6.07, 6.45) is 0.945. The van der Waals surface area contributed by atoms with Gasteiger partial charge in [0.25, 0.3) is 0 Å². The third-order valence-electron chi connectivity index (χ3n) is 4.37. The molecule has 2 rings (SSSR count). The summed E-state index contributed by atoms with van der Waals surface area (Å²) < 4.78 is 10.7. The van der Waals surface area contributed by atoms with E-state index in [9.17, 15) is 0 Å². The number of ether oxygens (including phenoxy) is 2. The first-order valence-electron chi connectivity index (χ1n) is 8.57. The molecule has 2 aromatic rings. The quantitative estimate of drug-likeness (QED) is 0.747. The van der Waals surface area contributed by atoms with Crippen molar-refractivity contribution in [1.29, 1.82) is 0 Å². The van der Waals surface area contributed by atoms with Crippen LogP contribution in [0.3, 0.4) is 0 Å². The lowest BCUT2D eigenvalue weighted by Gasteiger charge is -2.28. The molecule has 0 amide bonds. The summed E-state index contributed by atoms with van der Waals surface area (Å²) in [5.41, 5.74) is 2.59. The molecule has 0 fully saturated rings. The SMILES string of the molecule is COC[C@@H](N[C@@H](Cc1ccccc1)c1ccc(OC)cc1)C(C)C. The molecule has 0 unspecified atom stereocenters. The maximum atomic E-state index is 5.41. The molecule has 0 aliphatic carbocycles. The number of rotatable bonds is 9. The molecule has 24 heavy (non-hydrogen) atoms. The summed E-state index contributed by atoms with van der Waals surface area (Å²) in [5, 5.41) is 3.79. The van der Waals surface area contributed by atoms with Gasteiger partial charge in [0.1, 0.15) is 5.75 Å². The molecule has 3 nitrogen and oxygen atoms in total. The second-order valence-electron chi connectivity index (χ2n) is 6.49. The van der Waals surface area contributed by atoms with E-state index in [-0.39, 0.29) is 6.04 Å². The predicted octanol–water partition coefficient (Wildman–Crippen LogP) is 4.24. The Hall–Kier alpha value is -1.84. The Morgan fingerprint density at radius 1 is 0.917 bits per heavy atom. The van der Waals surface area contributed by atoms with Gasteiger partial charge in [-0.1, -0.05) is 56.3 Å². The number of hydrogen-bond acceptors (Lipinski definition) is 3. The maximum Gasteiger partial charge on any atom is 0.118 e. The summed E-state index contributed by atoms with van der Waals surface area (Å²) in [6.45, 7) is 5.16. The van der Waals surface area contributed by atoms with Crippen LogP contribution in [-0.4, -0.2) is 26.9 Å². The fraction of sp³-hybridized carbons (Fsp3) is 0.429. The first-order valence-corrected chi connectivity index (χ1v) is 8.57. The fourth-order valence-electron chi connectivity index (χ4n) is 2.83. The zero-order valence-corrected chi connectivity index (χ0v) is 15.2. The Kier molecular flexibility index (Phi) is 7.29. The van der Waals surface area contributed by atoms with Crippen molar-refractivity contribution in [3.8, 4) is 5.75 Å². The zero-order valence-electron chi connectivity index (χ0n) is 15.2. The first-order chi connectivity index (χ1) is 11.6. The van der Waals surface area contributed by atoms with Crippen LogP contribution in [0.1, 0.15) is 31.0 Å². The molecule has 0 aliphatic heterocycles. The van der Waals surface area contributed by atoms with Crippen LogP contribution in [0.2, 0.25) is 0 Å². The number of benzene rings is 2. The predicted molar refractivity (Wildman–Crippen MR) is 99.5 cm³/mol. The van der Waals surface area contributed by atoms with Crippen LogP contribution >= 0.6 is 0 Å². The van der Waals surface area contributed by atoms with Crippen LogP contribution < -0.4 is 10.1 Å². The van der Waals surface area contributed by atoms with Gasteiger partial charge >= 0.3 is 0 Å². The number of hydrogen-bond donors (Lipinski definition) is 1. The lowest BCUT2D eigenvalue weighted by atomic mass is 9.95. The Labute approximate surface area is 146 Å². The van der Waals surface area contributed by atoms with Crippen molar-refractivity contribution in [3.63, 3.8) is 0 Å². The van der Waals surface area contributed by atoms with Crippen LogP contribution in [0.5, 0.6) is 5.75 Å². The fourth-order valence-corrected chi connectivity index (χ4v) is 2.83. The van der Waals surface area contributed by atoms with Crippen molar-refractivity contribution in [2.24, 2.45) is 5.92 Å². The lowest BCUT2D eigenvalue weighted by Crippen LogP contribution is -2.40. The van der Waals surface area contributed by atoms with Crippen molar-refractivity contribution in [1.82, 2.24) is 5.32 Å². The lowest BCUT2D eigenvalue weighted by molar-refractivity contribution is 0.140. The number of methoxy groups -OCH3 is 2. The van der Waals surface area contributed by atoms with Gasteiger partial charge < -0.3 is 14.8 Å². The van der Waals surface area contributed by atoms with Crippen molar-refractivity contribution < 1.29 is 9.47 Å². The summed E-state index contributed by atoms with van der Waals surface area (Å²) >= 11 is 0. The average molecular weight is 327 g/mol. The van der Waals surface area contributed by atoms with Crippen molar-refractivity contribution >= 4 is 0 Å². The molecular weight excluding hydrogens is 298 g/mol. The molecule has 0 radical (unpaired) electrons. The third-order valence-corrected chi connectivity index (χ3v) is 4.37. The summed E-state index contributed by atoms with van der Waals surface area (Å²) in [4.78, 5) is 0. The maximum absolute atomic E-state index is 5.41. The minimum atomic E-state index is 0.237.